The third-order valence-electron chi connectivity index (χ3n) is 6.26. The van der Waals surface area contributed by atoms with Crippen LogP contribution in [-0.2, 0) is 11.2 Å². The summed E-state index contributed by atoms with van der Waals surface area (Å²) in [6.45, 7) is 4.03. The quantitative estimate of drug-likeness (QED) is 0.535. The number of benzene rings is 3. The zero-order valence-corrected chi connectivity index (χ0v) is 17.8. The molecule has 0 spiro atoms. The van der Waals surface area contributed by atoms with Crippen molar-refractivity contribution < 1.29 is 18.7 Å². The van der Waals surface area contributed by atoms with Crippen molar-refractivity contribution in [2.45, 2.75) is 13.3 Å². The molecular weight excluding hydrogens is 407 g/mol. The van der Waals surface area contributed by atoms with Gasteiger partial charge in [0.05, 0.1) is 13.2 Å². The fourth-order valence-electron chi connectivity index (χ4n) is 4.59. The van der Waals surface area contributed by atoms with E-state index >= 15 is 0 Å². The van der Waals surface area contributed by atoms with Gasteiger partial charge in [0.25, 0.3) is 5.91 Å². The summed E-state index contributed by atoms with van der Waals surface area (Å²) < 4.78 is 20.1. The van der Waals surface area contributed by atoms with Crippen LogP contribution in [0, 0.1) is 12.7 Å². The number of carbonyl (C=O) groups is 2. The molecule has 6 heteroatoms. The number of hydrogen-bond donors (Lipinski definition) is 1. The maximum atomic E-state index is 14.7. The number of carbonyl (C=O) groups excluding carboxylic acids is 2. The lowest BCUT2D eigenvalue weighted by molar-refractivity contribution is 0.0303. The van der Waals surface area contributed by atoms with Gasteiger partial charge < -0.3 is 15.4 Å². The molecule has 0 bridgehead atoms. The van der Waals surface area contributed by atoms with Gasteiger partial charge in [0, 0.05) is 29.8 Å². The van der Waals surface area contributed by atoms with E-state index in [1.54, 1.807) is 17.0 Å². The van der Waals surface area contributed by atoms with Gasteiger partial charge >= 0.3 is 0 Å². The standard InChI is InChI=1S/C26H23FN2O3/c1-15-2-5-19(24(27)10-15)18-13-21-20-12-17(26(31)29-6-8-32-9-7-29)4-3-16(20)11-22(21)23(14-18)25(28)30/h2-5,10,12-14H,6-9,11H2,1H3,(H2,28,30). The van der Waals surface area contributed by atoms with Crippen LogP contribution >= 0.6 is 0 Å². The molecular formula is C26H23FN2O3. The Morgan fingerprint density at radius 3 is 2.47 bits per heavy atom. The first-order valence-electron chi connectivity index (χ1n) is 10.7. The molecule has 2 amide bonds. The number of nitrogens with two attached hydrogens (primary N) is 1. The van der Waals surface area contributed by atoms with Gasteiger partial charge in [0.15, 0.2) is 0 Å². The Balaban J connectivity index is 1.62. The number of ether oxygens (including phenoxy) is 1. The van der Waals surface area contributed by atoms with Crippen LogP contribution < -0.4 is 5.73 Å². The fraction of sp³-hybridized carbons (Fsp3) is 0.231. The second-order valence-electron chi connectivity index (χ2n) is 8.35. The molecule has 0 aromatic heterocycles. The molecule has 1 aliphatic heterocycles. The van der Waals surface area contributed by atoms with E-state index in [2.05, 4.69) is 0 Å². The highest BCUT2D eigenvalue weighted by molar-refractivity contribution is 6.01. The van der Waals surface area contributed by atoms with Crippen LogP contribution in [0.5, 0.6) is 0 Å². The van der Waals surface area contributed by atoms with E-state index in [-0.39, 0.29) is 11.7 Å². The summed E-state index contributed by atoms with van der Waals surface area (Å²) in [5, 5.41) is 0. The molecule has 2 N–H and O–H groups in total. The molecule has 0 atom stereocenters. The summed E-state index contributed by atoms with van der Waals surface area (Å²) in [6.07, 6.45) is 0.547. The Morgan fingerprint density at radius 2 is 1.75 bits per heavy atom. The Labute approximate surface area is 185 Å². The smallest absolute Gasteiger partial charge is 0.254 e. The molecule has 3 aromatic carbocycles. The van der Waals surface area contributed by atoms with E-state index < -0.39 is 5.91 Å². The lowest BCUT2D eigenvalue weighted by Gasteiger charge is -2.27. The number of nitrogens with zero attached hydrogens (tertiary/aromatic N) is 1. The molecule has 0 radical (unpaired) electrons. The van der Waals surface area contributed by atoms with Crippen LogP contribution in [0.3, 0.4) is 0 Å². The first kappa shape index (κ1) is 20.4. The van der Waals surface area contributed by atoms with Gasteiger partial charge in [0.1, 0.15) is 5.82 Å². The topological polar surface area (TPSA) is 72.6 Å². The van der Waals surface area contributed by atoms with E-state index in [9.17, 15) is 14.0 Å². The van der Waals surface area contributed by atoms with Crippen molar-refractivity contribution in [1.29, 1.82) is 0 Å². The van der Waals surface area contributed by atoms with E-state index in [1.807, 2.05) is 37.3 Å². The lowest BCUT2D eigenvalue weighted by Crippen LogP contribution is -2.40. The van der Waals surface area contributed by atoms with Crippen molar-refractivity contribution >= 4 is 11.8 Å². The molecule has 5 rings (SSSR count). The highest BCUT2D eigenvalue weighted by Crippen LogP contribution is 2.42. The van der Waals surface area contributed by atoms with Crippen LogP contribution in [0.25, 0.3) is 22.3 Å². The monoisotopic (exact) mass is 430 g/mol. The van der Waals surface area contributed by atoms with E-state index in [0.29, 0.717) is 55.0 Å². The molecule has 162 valence electrons. The predicted octanol–water partition coefficient (Wildman–Crippen LogP) is 3.94. The van der Waals surface area contributed by atoms with E-state index in [1.165, 1.54) is 6.07 Å². The lowest BCUT2D eigenvalue weighted by atomic mass is 9.93. The number of fused-ring (bicyclic) bond motifs is 3. The van der Waals surface area contributed by atoms with Crippen molar-refractivity contribution in [3.8, 4) is 22.3 Å². The summed E-state index contributed by atoms with van der Waals surface area (Å²) in [5.74, 6) is -0.941. The first-order valence-corrected chi connectivity index (χ1v) is 10.7. The second-order valence-corrected chi connectivity index (χ2v) is 8.35. The van der Waals surface area contributed by atoms with Crippen LogP contribution in [0.1, 0.15) is 37.4 Å². The average molecular weight is 430 g/mol. The highest BCUT2D eigenvalue weighted by Gasteiger charge is 2.27. The molecule has 3 aromatic rings. The van der Waals surface area contributed by atoms with Gasteiger partial charge in [-0.3, -0.25) is 9.59 Å². The minimum atomic E-state index is -0.548. The maximum absolute atomic E-state index is 14.7. The van der Waals surface area contributed by atoms with Gasteiger partial charge in [-0.2, -0.15) is 0 Å². The number of amides is 2. The van der Waals surface area contributed by atoms with Crippen LogP contribution in [0.15, 0.2) is 48.5 Å². The van der Waals surface area contributed by atoms with E-state index in [4.69, 9.17) is 10.5 Å². The molecule has 1 fully saturated rings. The summed E-state index contributed by atoms with van der Waals surface area (Å²) in [6, 6.07) is 14.2. The Hall–Kier alpha value is -3.51. The summed E-state index contributed by atoms with van der Waals surface area (Å²) in [7, 11) is 0. The van der Waals surface area contributed by atoms with Crippen molar-refractivity contribution in [2.24, 2.45) is 5.73 Å². The second kappa shape index (κ2) is 7.88. The third kappa shape index (κ3) is 3.46. The Kier molecular flexibility index (Phi) is 5.02. The summed E-state index contributed by atoms with van der Waals surface area (Å²) in [5.41, 5.74) is 12.0. The summed E-state index contributed by atoms with van der Waals surface area (Å²) in [4.78, 5) is 27.1. The van der Waals surface area contributed by atoms with Crippen LogP contribution in [0.4, 0.5) is 4.39 Å². The Morgan fingerprint density at radius 1 is 0.969 bits per heavy atom. The van der Waals surface area contributed by atoms with Gasteiger partial charge in [-0.15, -0.1) is 0 Å². The number of morpholine rings is 1. The molecule has 1 aliphatic carbocycles. The van der Waals surface area contributed by atoms with Crippen LogP contribution in [0.2, 0.25) is 0 Å². The van der Waals surface area contributed by atoms with Crippen molar-refractivity contribution in [3.05, 3.63) is 82.2 Å². The van der Waals surface area contributed by atoms with Crippen molar-refractivity contribution in [1.82, 2.24) is 4.90 Å². The number of primary amides is 1. The molecule has 0 saturated carbocycles. The van der Waals surface area contributed by atoms with E-state index in [0.717, 1.165) is 27.8 Å². The highest BCUT2D eigenvalue weighted by atomic mass is 19.1. The molecule has 5 nitrogen and oxygen atoms in total. The molecule has 32 heavy (non-hydrogen) atoms. The van der Waals surface area contributed by atoms with Crippen LogP contribution in [-0.4, -0.2) is 43.0 Å². The van der Waals surface area contributed by atoms with Gasteiger partial charge in [-0.25, -0.2) is 4.39 Å². The average Bonchev–Trinajstić information content (AvgIpc) is 3.16. The van der Waals surface area contributed by atoms with Gasteiger partial charge in [-0.05, 0) is 77.1 Å². The predicted molar refractivity (Wildman–Crippen MR) is 120 cm³/mol. The molecule has 1 heterocycles. The van der Waals surface area contributed by atoms with Gasteiger partial charge in [-0.1, -0.05) is 18.2 Å². The largest absolute Gasteiger partial charge is 0.378 e. The third-order valence-corrected chi connectivity index (χ3v) is 6.26. The number of aryl methyl sites for hydroxylation is 1. The SMILES string of the molecule is Cc1ccc(-c2cc(C(N)=O)c3c(c2)-c2cc(C(=O)N4CCOCC4)ccc2C3)c(F)c1. The number of halogens is 1. The summed E-state index contributed by atoms with van der Waals surface area (Å²) >= 11 is 0. The Bertz CT molecular complexity index is 1260. The van der Waals surface area contributed by atoms with Gasteiger partial charge in [0.2, 0.25) is 5.91 Å². The first-order chi connectivity index (χ1) is 15.4. The van der Waals surface area contributed by atoms with Crippen molar-refractivity contribution in [2.75, 3.05) is 26.3 Å². The molecule has 1 saturated heterocycles. The molecule has 0 unspecified atom stereocenters. The molecule has 2 aliphatic rings. The number of rotatable bonds is 3. The fourth-order valence-corrected chi connectivity index (χ4v) is 4.59. The minimum Gasteiger partial charge on any atom is -0.378 e. The van der Waals surface area contributed by atoms with Crippen molar-refractivity contribution in [3.63, 3.8) is 0 Å². The normalized spacial score (nSPS) is 14.8. The zero-order valence-electron chi connectivity index (χ0n) is 17.8. The zero-order chi connectivity index (χ0) is 22.4. The maximum Gasteiger partial charge on any atom is 0.254 e. The number of hydrogen-bond acceptors (Lipinski definition) is 3. The minimum absolute atomic E-state index is 0.0413.